The maximum absolute atomic E-state index is 10.4. The summed E-state index contributed by atoms with van der Waals surface area (Å²) in [5.74, 6) is 0.825. The van der Waals surface area contributed by atoms with Crippen LogP contribution in [0.15, 0.2) is 24.3 Å². The number of hydrogen-bond donors (Lipinski definition) is 2. The number of aryl methyl sites for hydroxylation is 1. The largest absolute Gasteiger partial charge is 0.491 e. The summed E-state index contributed by atoms with van der Waals surface area (Å²) < 4.78 is 5.75. The monoisotopic (exact) mass is 321 g/mol. The van der Waals surface area contributed by atoms with E-state index in [1.807, 2.05) is 38.1 Å². The number of hydrogen-bond acceptors (Lipinski definition) is 4. The highest BCUT2D eigenvalue weighted by atomic mass is 16.5. The third-order valence-corrected chi connectivity index (χ3v) is 4.56. The maximum atomic E-state index is 10.4. The molecule has 0 heterocycles. The molecule has 2 atom stereocenters. The number of para-hydroxylation sites is 1. The van der Waals surface area contributed by atoms with Crippen LogP contribution in [0, 0.1) is 6.92 Å². The molecule has 0 radical (unpaired) electrons. The molecular weight excluding hydrogens is 290 g/mol. The zero-order valence-corrected chi connectivity index (χ0v) is 14.4. The molecule has 0 bridgehead atoms. The molecule has 0 aromatic heterocycles. The Morgan fingerprint density at radius 1 is 1.13 bits per heavy atom. The van der Waals surface area contributed by atoms with Gasteiger partial charge in [-0.25, -0.2) is 0 Å². The van der Waals surface area contributed by atoms with E-state index in [0.717, 1.165) is 24.2 Å². The summed E-state index contributed by atoms with van der Waals surface area (Å²) in [6.45, 7) is 5.27. The van der Waals surface area contributed by atoms with Crippen LogP contribution in [0.4, 0.5) is 0 Å². The van der Waals surface area contributed by atoms with E-state index in [9.17, 15) is 10.2 Å². The molecule has 0 saturated heterocycles. The van der Waals surface area contributed by atoms with Gasteiger partial charge in [0.15, 0.2) is 0 Å². The molecule has 1 fully saturated rings. The Morgan fingerprint density at radius 3 is 2.48 bits per heavy atom. The fraction of sp³-hybridized carbons (Fsp3) is 0.684. The van der Waals surface area contributed by atoms with Crippen LogP contribution in [0.3, 0.4) is 0 Å². The first-order chi connectivity index (χ1) is 11.1. The van der Waals surface area contributed by atoms with E-state index in [4.69, 9.17) is 4.74 Å². The van der Waals surface area contributed by atoms with Crippen molar-refractivity contribution in [3.63, 3.8) is 0 Å². The molecule has 4 heteroatoms. The van der Waals surface area contributed by atoms with Gasteiger partial charge in [-0.05, 0) is 38.3 Å². The lowest BCUT2D eigenvalue weighted by Gasteiger charge is -2.36. The molecule has 130 valence electrons. The summed E-state index contributed by atoms with van der Waals surface area (Å²) in [6.07, 6.45) is 5.21. The van der Waals surface area contributed by atoms with Crippen molar-refractivity contribution < 1.29 is 14.9 Å². The highest BCUT2D eigenvalue weighted by Crippen LogP contribution is 2.23. The lowest BCUT2D eigenvalue weighted by Crippen LogP contribution is -2.46. The molecule has 2 N–H and O–H groups in total. The lowest BCUT2D eigenvalue weighted by atomic mass is 9.93. The summed E-state index contributed by atoms with van der Waals surface area (Å²) in [7, 11) is 0. The van der Waals surface area contributed by atoms with Gasteiger partial charge in [0.25, 0.3) is 0 Å². The van der Waals surface area contributed by atoms with Crippen LogP contribution in [0.1, 0.15) is 44.6 Å². The van der Waals surface area contributed by atoms with Gasteiger partial charge >= 0.3 is 0 Å². The Labute approximate surface area is 140 Å². The predicted molar refractivity (Wildman–Crippen MR) is 92.8 cm³/mol. The minimum atomic E-state index is -0.546. The normalized spacial score (nSPS) is 18.8. The van der Waals surface area contributed by atoms with Crippen molar-refractivity contribution in [2.45, 2.75) is 64.2 Å². The van der Waals surface area contributed by atoms with Gasteiger partial charge in [0.05, 0.1) is 6.10 Å². The number of ether oxygens (including phenoxy) is 1. The fourth-order valence-corrected chi connectivity index (χ4v) is 3.39. The number of aliphatic hydroxyl groups is 2. The van der Waals surface area contributed by atoms with E-state index in [1.54, 1.807) is 0 Å². The molecule has 23 heavy (non-hydrogen) atoms. The quantitative estimate of drug-likeness (QED) is 0.773. The highest BCUT2D eigenvalue weighted by Gasteiger charge is 2.24. The standard InChI is InChI=1S/C19H31NO3/c1-15-8-6-7-11-19(15)23-14-18(22)13-20(12-16(2)21)17-9-4-3-5-10-17/h6-8,11,16-18,21-22H,3-5,9-10,12-14H2,1-2H3. The molecule has 1 aliphatic carbocycles. The molecule has 4 nitrogen and oxygen atoms in total. The zero-order valence-electron chi connectivity index (χ0n) is 14.4. The predicted octanol–water partition coefficient (Wildman–Crippen LogP) is 2.75. The van der Waals surface area contributed by atoms with Gasteiger partial charge in [0.2, 0.25) is 0 Å². The third-order valence-electron chi connectivity index (χ3n) is 4.56. The Kier molecular flexibility index (Phi) is 7.34. The third kappa shape index (κ3) is 6.13. The van der Waals surface area contributed by atoms with E-state index >= 15 is 0 Å². The first-order valence-corrected chi connectivity index (χ1v) is 8.85. The molecule has 1 saturated carbocycles. The van der Waals surface area contributed by atoms with Crippen LogP contribution in [0.25, 0.3) is 0 Å². The average Bonchev–Trinajstić information content (AvgIpc) is 2.54. The first kappa shape index (κ1) is 18.2. The Bertz CT molecular complexity index is 458. The van der Waals surface area contributed by atoms with Gasteiger partial charge in [0, 0.05) is 19.1 Å². The van der Waals surface area contributed by atoms with Crippen LogP contribution in [-0.2, 0) is 0 Å². The van der Waals surface area contributed by atoms with Gasteiger partial charge in [-0.2, -0.15) is 0 Å². The van der Waals surface area contributed by atoms with Crippen molar-refractivity contribution in [1.82, 2.24) is 4.90 Å². The Hall–Kier alpha value is -1.10. The van der Waals surface area contributed by atoms with E-state index in [-0.39, 0.29) is 12.7 Å². The maximum Gasteiger partial charge on any atom is 0.122 e. The van der Waals surface area contributed by atoms with Crippen LogP contribution >= 0.6 is 0 Å². The summed E-state index contributed by atoms with van der Waals surface area (Å²) >= 11 is 0. The summed E-state index contributed by atoms with van der Waals surface area (Å²) in [5.41, 5.74) is 1.08. The van der Waals surface area contributed by atoms with Crippen molar-refractivity contribution >= 4 is 0 Å². The molecule has 1 aromatic rings. The zero-order chi connectivity index (χ0) is 16.7. The van der Waals surface area contributed by atoms with Gasteiger partial charge in [-0.15, -0.1) is 0 Å². The van der Waals surface area contributed by atoms with E-state index in [1.165, 1.54) is 19.3 Å². The minimum absolute atomic E-state index is 0.286. The second kappa shape index (κ2) is 9.26. The molecular formula is C19H31NO3. The fourth-order valence-electron chi connectivity index (χ4n) is 3.39. The summed E-state index contributed by atoms with van der Waals surface area (Å²) in [5, 5.41) is 20.1. The molecule has 2 unspecified atom stereocenters. The first-order valence-electron chi connectivity index (χ1n) is 8.85. The molecule has 0 aliphatic heterocycles. The molecule has 1 aliphatic rings. The van der Waals surface area contributed by atoms with Crippen molar-refractivity contribution in [3.05, 3.63) is 29.8 Å². The summed E-state index contributed by atoms with van der Waals surface area (Å²) in [6, 6.07) is 8.33. The second-order valence-corrected chi connectivity index (χ2v) is 6.83. The van der Waals surface area contributed by atoms with E-state index in [2.05, 4.69) is 4.90 Å². The summed E-state index contributed by atoms with van der Waals surface area (Å²) in [4.78, 5) is 2.25. The van der Waals surface area contributed by atoms with Crippen molar-refractivity contribution in [1.29, 1.82) is 0 Å². The van der Waals surface area contributed by atoms with Crippen molar-refractivity contribution in [3.8, 4) is 5.75 Å². The lowest BCUT2D eigenvalue weighted by molar-refractivity contribution is 0.0218. The van der Waals surface area contributed by atoms with Gasteiger partial charge in [0.1, 0.15) is 18.5 Å². The molecule has 0 amide bonds. The second-order valence-electron chi connectivity index (χ2n) is 6.83. The molecule has 0 spiro atoms. The number of benzene rings is 1. The van der Waals surface area contributed by atoms with Crippen LogP contribution in [-0.4, -0.2) is 53.1 Å². The molecule has 2 rings (SSSR count). The van der Waals surface area contributed by atoms with Gasteiger partial charge < -0.3 is 14.9 Å². The number of rotatable bonds is 8. The van der Waals surface area contributed by atoms with Gasteiger partial charge in [-0.1, -0.05) is 37.5 Å². The molecule has 1 aromatic carbocycles. The van der Waals surface area contributed by atoms with Crippen molar-refractivity contribution in [2.75, 3.05) is 19.7 Å². The topological polar surface area (TPSA) is 52.9 Å². The number of aliphatic hydroxyl groups excluding tert-OH is 2. The Balaban J connectivity index is 1.86. The van der Waals surface area contributed by atoms with E-state index in [0.29, 0.717) is 19.1 Å². The van der Waals surface area contributed by atoms with Crippen LogP contribution < -0.4 is 4.74 Å². The average molecular weight is 321 g/mol. The minimum Gasteiger partial charge on any atom is -0.491 e. The smallest absolute Gasteiger partial charge is 0.122 e. The van der Waals surface area contributed by atoms with Crippen LogP contribution in [0.5, 0.6) is 5.75 Å². The highest BCUT2D eigenvalue weighted by molar-refractivity contribution is 5.31. The van der Waals surface area contributed by atoms with E-state index < -0.39 is 6.10 Å². The van der Waals surface area contributed by atoms with Crippen molar-refractivity contribution in [2.24, 2.45) is 0 Å². The SMILES string of the molecule is Cc1ccccc1OCC(O)CN(CC(C)O)C1CCCCC1. The van der Waals surface area contributed by atoms with Crippen LogP contribution in [0.2, 0.25) is 0 Å². The van der Waals surface area contributed by atoms with Gasteiger partial charge in [-0.3, -0.25) is 4.90 Å². The Morgan fingerprint density at radius 2 is 1.83 bits per heavy atom. The number of nitrogens with zero attached hydrogens (tertiary/aromatic N) is 1.